The van der Waals surface area contributed by atoms with E-state index in [4.69, 9.17) is 25.8 Å². The predicted molar refractivity (Wildman–Crippen MR) is 213 cm³/mol. The monoisotopic (exact) mass is 729 g/mol. The van der Waals surface area contributed by atoms with Crippen molar-refractivity contribution >= 4 is 23.6 Å². The van der Waals surface area contributed by atoms with Gasteiger partial charge in [-0.25, -0.2) is 4.98 Å². The lowest BCUT2D eigenvalue weighted by atomic mass is 10.0. The number of benzene rings is 4. The van der Waals surface area contributed by atoms with Gasteiger partial charge in [0.1, 0.15) is 24.7 Å². The minimum absolute atomic E-state index is 0.0378. The second-order valence-corrected chi connectivity index (χ2v) is 14.5. The van der Waals surface area contributed by atoms with E-state index in [9.17, 15) is 4.79 Å². The largest absolute Gasteiger partial charge is 0.489 e. The van der Waals surface area contributed by atoms with Gasteiger partial charge in [0.25, 0.3) is 0 Å². The average Bonchev–Trinajstić information content (AvgIpc) is 3.16. The number of hydrogen-bond donors (Lipinski definition) is 0. The molecule has 0 atom stereocenters. The molecule has 0 N–H and O–H groups in total. The van der Waals surface area contributed by atoms with E-state index < -0.39 is 0 Å². The number of halogens is 1. The van der Waals surface area contributed by atoms with Crippen LogP contribution in [0.25, 0.3) is 6.08 Å². The van der Waals surface area contributed by atoms with Gasteiger partial charge in [0.2, 0.25) is 11.8 Å². The number of hydrogen-bond acceptors (Lipinski definition) is 6. The predicted octanol–water partition coefficient (Wildman–Crippen LogP) is 10.2. The molecule has 0 aliphatic carbocycles. The fraction of sp³-hybridized carbons (Fsp3) is 0.289. The van der Waals surface area contributed by atoms with Gasteiger partial charge in [-0.2, -0.15) is 0 Å². The highest BCUT2D eigenvalue weighted by Gasteiger charge is 2.22. The molecular formula is C45H48ClN3O4. The molecule has 1 aromatic heterocycles. The molecule has 5 aromatic rings. The molecule has 6 rings (SSSR count). The van der Waals surface area contributed by atoms with Crippen molar-refractivity contribution in [2.45, 2.75) is 60.3 Å². The van der Waals surface area contributed by atoms with Gasteiger partial charge in [0.15, 0.2) is 5.75 Å². The molecule has 1 aliphatic heterocycles. The van der Waals surface area contributed by atoms with Gasteiger partial charge in [-0.15, -0.1) is 0 Å². The number of amides is 1. The van der Waals surface area contributed by atoms with Crippen LogP contribution in [0.4, 0.5) is 0 Å². The molecule has 0 radical (unpaired) electrons. The van der Waals surface area contributed by atoms with Crippen LogP contribution in [0.5, 0.6) is 23.1 Å². The summed E-state index contributed by atoms with van der Waals surface area (Å²) in [4.78, 5) is 22.1. The van der Waals surface area contributed by atoms with Crippen molar-refractivity contribution < 1.29 is 19.0 Å². The Morgan fingerprint density at radius 1 is 0.792 bits per heavy atom. The third-order valence-corrected chi connectivity index (χ3v) is 9.74. The van der Waals surface area contributed by atoms with Crippen LogP contribution in [-0.2, 0) is 24.6 Å². The van der Waals surface area contributed by atoms with Crippen LogP contribution in [-0.4, -0.2) is 46.9 Å². The number of aryl methyl sites for hydroxylation is 2. The Balaban J connectivity index is 0.960. The molecule has 1 fully saturated rings. The number of rotatable bonds is 13. The van der Waals surface area contributed by atoms with Crippen molar-refractivity contribution in [3.8, 4) is 23.1 Å². The molecule has 4 aromatic carbocycles. The van der Waals surface area contributed by atoms with Crippen LogP contribution in [0, 0.1) is 13.8 Å². The maximum Gasteiger partial charge on any atom is 0.249 e. The van der Waals surface area contributed by atoms with Crippen molar-refractivity contribution in [1.82, 2.24) is 14.8 Å². The molecule has 8 heteroatoms. The SMILES string of the molecule is C/C(=C\c1cc(C)c(Oc2ccc(OCc3ccc(C)cc3)cn2)c(Cl)c1)C(=O)N1CCN(Cc2ccc(COc3ccc(C(C)C)cc3)cc2)CC1. The van der Waals surface area contributed by atoms with Crippen LogP contribution in [0.2, 0.25) is 5.02 Å². The quantitative estimate of drug-likeness (QED) is 0.112. The highest BCUT2D eigenvalue weighted by Crippen LogP contribution is 2.34. The van der Waals surface area contributed by atoms with E-state index >= 15 is 0 Å². The third-order valence-electron chi connectivity index (χ3n) is 9.46. The zero-order chi connectivity index (χ0) is 37.3. The standard InChI is InChI=1S/C45H48ClN3O4/c1-31(2)39-14-16-40(17-15-39)51-29-37-12-10-35(11-13-37)28-48-20-22-49(23-21-48)45(50)34(5)25-38-24-33(4)44(42(46)26-38)53-43-19-18-41(27-47-43)52-30-36-8-6-32(3)7-9-36/h6-19,24-27,31H,20-23,28-30H2,1-5H3/b34-25+. The van der Waals surface area contributed by atoms with E-state index in [2.05, 4.69) is 91.3 Å². The summed E-state index contributed by atoms with van der Waals surface area (Å²) < 4.78 is 17.9. The van der Waals surface area contributed by atoms with Crippen LogP contribution in [0.15, 0.2) is 109 Å². The van der Waals surface area contributed by atoms with Gasteiger partial charge in [-0.3, -0.25) is 9.69 Å². The molecule has 53 heavy (non-hydrogen) atoms. The number of carbonyl (C=O) groups is 1. The number of carbonyl (C=O) groups excluding carboxylic acids is 1. The fourth-order valence-electron chi connectivity index (χ4n) is 6.22. The molecule has 0 spiro atoms. The zero-order valence-corrected chi connectivity index (χ0v) is 32.0. The smallest absolute Gasteiger partial charge is 0.249 e. The molecule has 0 bridgehead atoms. The van der Waals surface area contributed by atoms with Crippen LogP contribution in [0.1, 0.15) is 65.6 Å². The van der Waals surface area contributed by atoms with Gasteiger partial charge in [-0.1, -0.05) is 91.7 Å². The summed E-state index contributed by atoms with van der Waals surface area (Å²) >= 11 is 6.69. The lowest BCUT2D eigenvalue weighted by molar-refractivity contribution is -0.128. The Hall–Kier alpha value is -5.11. The van der Waals surface area contributed by atoms with Gasteiger partial charge in [0, 0.05) is 44.4 Å². The van der Waals surface area contributed by atoms with E-state index in [1.807, 2.05) is 55.2 Å². The molecule has 1 saturated heterocycles. The Morgan fingerprint density at radius 3 is 2.00 bits per heavy atom. The number of ether oxygens (including phenoxy) is 3. The maximum absolute atomic E-state index is 13.4. The molecule has 0 unspecified atom stereocenters. The van der Waals surface area contributed by atoms with Crippen molar-refractivity contribution in [2.75, 3.05) is 26.2 Å². The highest BCUT2D eigenvalue weighted by atomic mass is 35.5. The average molecular weight is 730 g/mol. The van der Waals surface area contributed by atoms with Gasteiger partial charge < -0.3 is 19.1 Å². The number of pyridine rings is 1. The van der Waals surface area contributed by atoms with E-state index in [1.54, 1.807) is 12.3 Å². The summed E-state index contributed by atoms with van der Waals surface area (Å²) in [7, 11) is 0. The van der Waals surface area contributed by atoms with Gasteiger partial charge in [0.05, 0.1) is 11.2 Å². The van der Waals surface area contributed by atoms with E-state index in [-0.39, 0.29) is 5.91 Å². The van der Waals surface area contributed by atoms with E-state index in [1.165, 1.54) is 16.7 Å². The molecular weight excluding hydrogens is 682 g/mol. The molecule has 0 saturated carbocycles. The first-order valence-electron chi connectivity index (χ1n) is 18.2. The number of aromatic nitrogens is 1. The lowest BCUT2D eigenvalue weighted by Crippen LogP contribution is -2.48. The Morgan fingerprint density at radius 2 is 1.40 bits per heavy atom. The first kappa shape index (κ1) is 37.6. The second-order valence-electron chi connectivity index (χ2n) is 14.1. The van der Waals surface area contributed by atoms with Crippen molar-refractivity contribution in [1.29, 1.82) is 0 Å². The number of nitrogens with zero attached hydrogens (tertiary/aromatic N) is 3. The zero-order valence-electron chi connectivity index (χ0n) is 31.3. The number of piperazine rings is 1. The first-order valence-corrected chi connectivity index (χ1v) is 18.6. The molecule has 1 aliphatic rings. The van der Waals surface area contributed by atoms with Gasteiger partial charge in [-0.05, 0) is 96.5 Å². The summed E-state index contributed by atoms with van der Waals surface area (Å²) in [6.07, 6.45) is 3.53. The van der Waals surface area contributed by atoms with E-state index in [0.29, 0.717) is 60.2 Å². The van der Waals surface area contributed by atoms with Crippen LogP contribution in [0.3, 0.4) is 0 Å². The Labute approximate surface area is 318 Å². The Kier molecular flexibility index (Phi) is 12.5. The minimum Gasteiger partial charge on any atom is -0.489 e. The normalized spacial score (nSPS) is 13.6. The molecule has 1 amide bonds. The second kappa shape index (κ2) is 17.6. The van der Waals surface area contributed by atoms with Crippen molar-refractivity contribution in [3.05, 3.63) is 153 Å². The van der Waals surface area contributed by atoms with Crippen LogP contribution >= 0.6 is 11.6 Å². The van der Waals surface area contributed by atoms with Gasteiger partial charge >= 0.3 is 0 Å². The van der Waals surface area contributed by atoms with Crippen molar-refractivity contribution in [2.24, 2.45) is 0 Å². The van der Waals surface area contributed by atoms with Crippen LogP contribution < -0.4 is 14.2 Å². The summed E-state index contributed by atoms with van der Waals surface area (Å²) in [5.74, 6) is 3.02. The topological polar surface area (TPSA) is 64.1 Å². The summed E-state index contributed by atoms with van der Waals surface area (Å²) in [6, 6.07) is 32.6. The van der Waals surface area contributed by atoms with Crippen molar-refractivity contribution in [3.63, 3.8) is 0 Å². The minimum atomic E-state index is 0.0378. The summed E-state index contributed by atoms with van der Waals surface area (Å²) in [6.45, 7) is 15.1. The summed E-state index contributed by atoms with van der Waals surface area (Å²) in [5.41, 5.74) is 8.35. The maximum atomic E-state index is 13.4. The lowest BCUT2D eigenvalue weighted by Gasteiger charge is -2.35. The first-order chi connectivity index (χ1) is 25.6. The highest BCUT2D eigenvalue weighted by molar-refractivity contribution is 6.32. The summed E-state index contributed by atoms with van der Waals surface area (Å²) in [5, 5.41) is 0.448. The fourth-order valence-corrected chi connectivity index (χ4v) is 6.54. The molecule has 2 heterocycles. The van der Waals surface area contributed by atoms with E-state index in [0.717, 1.165) is 47.6 Å². The molecule has 274 valence electrons. The molecule has 7 nitrogen and oxygen atoms in total. The third kappa shape index (κ3) is 10.5. The Bertz CT molecular complexity index is 1980.